The molecule has 0 heterocycles. The summed E-state index contributed by atoms with van der Waals surface area (Å²) in [5, 5.41) is 3.02. The van der Waals surface area contributed by atoms with Gasteiger partial charge in [-0.15, -0.1) is 0 Å². The third-order valence-electron chi connectivity index (χ3n) is 3.02. The molecular formula is C10H22N2O2S. The molecule has 0 aromatic heterocycles. The van der Waals surface area contributed by atoms with E-state index in [1.54, 1.807) is 0 Å². The van der Waals surface area contributed by atoms with Crippen molar-refractivity contribution in [3.63, 3.8) is 0 Å². The molecule has 4 nitrogen and oxygen atoms in total. The predicted molar refractivity (Wildman–Crippen MR) is 62.3 cm³/mol. The van der Waals surface area contributed by atoms with Gasteiger partial charge in [0, 0.05) is 12.6 Å². The molecule has 15 heavy (non-hydrogen) atoms. The fourth-order valence-corrected chi connectivity index (χ4v) is 3.05. The second kappa shape index (κ2) is 5.82. The molecule has 0 saturated heterocycles. The van der Waals surface area contributed by atoms with E-state index < -0.39 is 10.0 Å². The number of hydrogen-bond donors (Lipinski definition) is 2. The van der Waals surface area contributed by atoms with Gasteiger partial charge in [-0.3, -0.25) is 0 Å². The summed E-state index contributed by atoms with van der Waals surface area (Å²) in [6, 6.07) is 0.102. The summed E-state index contributed by atoms with van der Waals surface area (Å²) < 4.78 is 26.0. The van der Waals surface area contributed by atoms with Crippen LogP contribution >= 0.6 is 0 Å². The van der Waals surface area contributed by atoms with E-state index in [1.165, 1.54) is 6.42 Å². The molecule has 5 heteroatoms. The van der Waals surface area contributed by atoms with Crippen LogP contribution in [-0.4, -0.2) is 33.3 Å². The first-order valence-electron chi connectivity index (χ1n) is 5.76. The van der Waals surface area contributed by atoms with E-state index in [0.717, 1.165) is 19.4 Å². The molecule has 2 N–H and O–H groups in total. The minimum absolute atomic E-state index is 0.102. The molecule has 1 saturated carbocycles. The maximum atomic E-state index is 11.6. The monoisotopic (exact) mass is 234 g/mol. The minimum atomic E-state index is -3.09. The lowest BCUT2D eigenvalue weighted by Gasteiger charge is -2.31. The normalized spacial score (nSPS) is 19.9. The average molecular weight is 234 g/mol. The van der Waals surface area contributed by atoms with Gasteiger partial charge >= 0.3 is 0 Å². The summed E-state index contributed by atoms with van der Waals surface area (Å²) >= 11 is 0. The molecule has 1 aliphatic carbocycles. The quantitative estimate of drug-likeness (QED) is 0.638. The average Bonchev–Trinajstić information content (AvgIpc) is 1.99. The highest BCUT2D eigenvalue weighted by atomic mass is 32.2. The highest BCUT2D eigenvalue weighted by molar-refractivity contribution is 7.89. The van der Waals surface area contributed by atoms with Gasteiger partial charge in [0.25, 0.3) is 0 Å². The van der Waals surface area contributed by atoms with Gasteiger partial charge in [-0.25, -0.2) is 13.1 Å². The molecule has 1 rings (SSSR count). The molecule has 1 fully saturated rings. The Morgan fingerprint density at radius 3 is 2.53 bits per heavy atom. The fraction of sp³-hybridized carbons (Fsp3) is 1.00. The van der Waals surface area contributed by atoms with Crippen LogP contribution in [0.2, 0.25) is 0 Å². The van der Waals surface area contributed by atoms with E-state index in [2.05, 4.69) is 10.0 Å². The van der Waals surface area contributed by atoms with Gasteiger partial charge in [0.15, 0.2) is 0 Å². The first-order chi connectivity index (χ1) is 7.05. The summed E-state index contributed by atoms with van der Waals surface area (Å²) in [5.41, 5.74) is 0. The minimum Gasteiger partial charge on any atom is -0.316 e. The second-order valence-corrected chi connectivity index (χ2v) is 6.14. The van der Waals surface area contributed by atoms with Crippen molar-refractivity contribution in [3.8, 4) is 0 Å². The maximum Gasteiger partial charge on any atom is 0.213 e. The lowest BCUT2D eigenvalue weighted by Crippen LogP contribution is -2.43. The smallest absolute Gasteiger partial charge is 0.213 e. The van der Waals surface area contributed by atoms with Crippen LogP contribution < -0.4 is 10.0 Å². The van der Waals surface area contributed by atoms with E-state index >= 15 is 0 Å². The topological polar surface area (TPSA) is 58.2 Å². The number of hydrogen-bond acceptors (Lipinski definition) is 3. The molecule has 0 amide bonds. The van der Waals surface area contributed by atoms with Crippen molar-refractivity contribution in [2.75, 3.05) is 18.8 Å². The van der Waals surface area contributed by atoms with Crippen LogP contribution in [0, 0.1) is 5.92 Å². The lowest BCUT2D eigenvalue weighted by molar-refractivity contribution is 0.260. The third kappa shape index (κ3) is 4.49. The summed E-state index contributed by atoms with van der Waals surface area (Å²) in [4.78, 5) is 0. The summed E-state index contributed by atoms with van der Waals surface area (Å²) in [7, 11) is -3.09. The highest BCUT2D eigenvalue weighted by Gasteiger charge is 2.26. The van der Waals surface area contributed by atoms with Crippen molar-refractivity contribution in [1.82, 2.24) is 10.0 Å². The van der Waals surface area contributed by atoms with Crippen molar-refractivity contribution in [2.24, 2.45) is 5.92 Å². The van der Waals surface area contributed by atoms with Crippen LogP contribution in [0.15, 0.2) is 0 Å². The molecule has 0 bridgehead atoms. The van der Waals surface area contributed by atoms with Crippen molar-refractivity contribution >= 4 is 10.0 Å². The van der Waals surface area contributed by atoms with Crippen LogP contribution in [0.1, 0.15) is 33.1 Å². The van der Waals surface area contributed by atoms with Crippen LogP contribution in [0.4, 0.5) is 0 Å². The van der Waals surface area contributed by atoms with Gasteiger partial charge in [-0.05, 0) is 32.2 Å². The first kappa shape index (κ1) is 12.9. The predicted octanol–water partition coefficient (Wildman–Crippen LogP) is 0.704. The molecule has 1 aliphatic rings. The van der Waals surface area contributed by atoms with Crippen molar-refractivity contribution in [2.45, 2.75) is 39.2 Å². The summed E-state index contributed by atoms with van der Waals surface area (Å²) in [6.45, 7) is 5.28. The van der Waals surface area contributed by atoms with Crippen LogP contribution in [0.25, 0.3) is 0 Å². The number of rotatable bonds is 7. The van der Waals surface area contributed by atoms with Gasteiger partial charge in [-0.1, -0.05) is 13.3 Å². The third-order valence-corrected chi connectivity index (χ3v) is 4.49. The number of sulfonamides is 1. The number of nitrogens with one attached hydrogen (secondary N) is 2. The van der Waals surface area contributed by atoms with Gasteiger partial charge in [0.1, 0.15) is 0 Å². The van der Waals surface area contributed by atoms with Crippen molar-refractivity contribution in [1.29, 1.82) is 0 Å². The SMILES string of the molecule is CCNCCS(=O)(=O)NC(C)C1CCC1. The Labute approximate surface area is 92.9 Å². The van der Waals surface area contributed by atoms with Crippen molar-refractivity contribution < 1.29 is 8.42 Å². The van der Waals surface area contributed by atoms with Gasteiger partial charge < -0.3 is 5.32 Å². The van der Waals surface area contributed by atoms with Crippen molar-refractivity contribution in [3.05, 3.63) is 0 Å². The summed E-state index contributed by atoms with van der Waals surface area (Å²) in [5.74, 6) is 0.733. The summed E-state index contributed by atoms with van der Waals surface area (Å²) in [6.07, 6.45) is 3.57. The second-order valence-electron chi connectivity index (χ2n) is 4.27. The molecule has 0 radical (unpaired) electrons. The van der Waals surface area contributed by atoms with E-state index in [1.807, 2.05) is 13.8 Å². The Balaban J connectivity index is 2.27. The molecule has 90 valence electrons. The van der Waals surface area contributed by atoms with E-state index in [0.29, 0.717) is 12.5 Å². The van der Waals surface area contributed by atoms with Gasteiger partial charge in [0.05, 0.1) is 5.75 Å². The van der Waals surface area contributed by atoms with Gasteiger partial charge in [0.2, 0.25) is 10.0 Å². The van der Waals surface area contributed by atoms with Crippen LogP contribution in [0.3, 0.4) is 0 Å². The van der Waals surface area contributed by atoms with E-state index in [-0.39, 0.29) is 11.8 Å². The van der Waals surface area contributed by atoms with E-state index in [9.17, 15) is 8.42 Å². The van der Waals surface area contributed by atoms with E-state index in [4.69, 9.17) is 0 Å². The molecule has 0 aromatic carbocycles. The Hall–Kier alpha value is -0.130. The molecule has 1 atom stereocenters. The van der Waals surface area contributed by atoms with Crippen LogP contribution in [0.5, 0.6) is 0 Å². The Kier molecular flexibility index (Phi) is 5.02. The Bertz CT molecular complexity index is 273. The molecule has 1 unspecified atom stereocenters. The Morgan fingerprint density at radius 1 is 1.40 bits per heavy atom. The zero-order chi connectivity index (χ0) is 11.3. The Morgan fingerprint density at radius 2 is 2.07 bits per heavy atom. The lowest BCUT2D eigenvalue weighted by atomic mass is 9.81. The fourth-order valence-electron chi connectivity index (χ4n) is 1.76. The molecule has 0 aromatic rings. The zero-order valence-electron chi connectivity index (χ0n) is 9.62. The largest absolute Gasteiger partial charge is 0.316 e. The highest BCUT2D eigenvalue weighted by Crippen LogP contribution is 2.29. The molecule has 0 spiro atoms. The van der Waals surface area contributed by atoms with Gasteiger partial charge in [-0.2, -0.15) is 0 Å². The standard InChI is InChI=1S/C10H22N2O2S/c1-3-11-7-8-15(13,14)12-9(2)10-5-4-6-10/h9-12H,3-8H2,1-2H3. The first-order valence-corrected chi connectivity index (χ1v) is 7.41. The molecular weight excluding hydrogens is 212 g/mol. The zero-order valence-corrected chi connectivity index (χ0v) is 10.4. The molecule has 0 aliphatic heterocycles. The maximum absolute atomic E-state index is 11.6. The van der Waals surface area contributed by atoms with Crippen LogP contribution in [-0.2, 0) is 10.0 Å².